The Morgan fingerprint density at radius 3 is 2.64 bits per heavy atom. The number of benzene rings is 2. The van der Waals surface area contributed by atoms with Crippen LogP contribution in [0, 0.1) is 11.3 Å². The molecule has 5 heteroatoms. The summed E-state index contributed by atoms with van der Waals surface area (Å²) >= 11 is 0. The number of aromatic nitrogens is 3. The van der Waals surface area contributed by atoms with Gasteiger partial charge in [0.15, 0.2) is 0 Å². The minimum atomic E-state index is 0.244. The predicted octanol–water partition coefficient (Wildman–Crippen LogP) is 4.60. The lowest BCUT2D eigenvalue weighted by atomic mass is 10.00. The highest BCUT2D eigenvalue weighted by Crippen LogP contribution is 2.32. The van der Waals surface area contributed by atoms with Gasteiger partial charge in [0.1, 0.15) is 6.54 Å². The summed E-state index contributed by atoms with van der Waals surface area (Å²) in [5.74, 6) is 0. The quantitative estimate of drug-likeness (QED) is 0.507. The maximum atomic E-state index is 8.95. The Balaban J connectivity index is 1.69. The van der Waals surface area contributed by atoms with Gasteiger partial charge in [0.2, 0.25) is 0 Å². The SMILES string of the molecule is N#CCNc1ccc(-c2ccccc2)cc1-c1ccn(Cc2cccnc2)n1. The molecule has 2 aromatic heterocycles. The molecule has 28 heavy (non-hydrogen) atoms. The van der Waals surface area contributed by atoms with Gasteiger partial charge in [-0.3, -0.25) is 9.67 Å². The normalized spacial score (nSPS) is 10.4. The molecule has 136 valence electrons. The van der Waals surface area contributed by atoms with E-state index in [4.69, 9.17) is 10.4 Å². The number of pyridine rings is 1. The maximum Gasteiger partial charge on any atom is 0.103 e. The van der Waals surface area contributed by atoms with E-state index >= 15 is 0 Å². The topological polar surface area (TPSA) is 66.5 Å². The first-order chi connectivity index (χ1) is 13.8. The van der Waals surface area contributed by atoms with Crippen molar-refractivity contribution in [3.63, 3.8) is 0 Å². The molecule has 4 rings (SSSR count). The van der Waals surface area contributed by atoms with E-state index in [1.54, 1.807) is 6.20 Å². The van der Waals surface area contributed by atoms with Crippen molar-refractivity contribution in [3.8, 4) is 28.5 Å². The highest BCUT2D eigenvalue weighted by Gasteiger charge is 2.11. The van der Waals surface area contributed by atoms with Crippen LogP contribution in [0.15, 0.2) is 85.3 Å². The van der Waals surface area contributed by atoms with Gasteiger partial charge in [-0.25, -0.2) is 0 Å². The second-order valence-corrected chi connectivity index (χ2v) is 6.40. The first kappa shape index (κ1) is 17.5. The molecule has 0 atom stereocenters. The van der Waals surface area contributed by atoms with Crippen LogP contribution in [0.3, 0.4) is 0 Å². The molecule has 0 spiro atoms. The monoisotopic (exact) mass is 365 g/mol. The van der Waals surface area contributed by atoms with Crippen molar-refractivity contribution in [2.24, 2.45) is 0 Å². The molecular weight excluding hydrogens is 346 g/mol. The summed E-state index contributed by atoms with van der Waals surface area (Å²) in [4.78, 5) is 4.16. The highest BCUT2D eigenvalue weighted by atomic mass is 15.3. The number of nitrogens with zero attached hydrogens (tertiary/aromatic N) is 4. The summed E-state index contributed by atoms with van der Waals surface area (Å²) in [7, 11) is 0. The van der Waals surface area contributed by atoms with Crippen molar-refractivity contribution >= 4 is 5.69 Å². The average Bonchev–Trinajstić information content (AvgIpc) is 3.22. The summed E-state index contributed by atoms with van der Waals surface area (Å²) < 4.78 is 1.90. The van der Waals surface area contributed by atoms with E-state index < -0.39 is 0 Å². The molecule has 0 unspecified atom stereocenters. The Morgan fingerprint density at radius 1 is 0.964 bits per heavy atom. The molecule has 4 aromatic rings. The zero-order valence-electron chi connectivity index (χ0n) is 15.3. The van der Waals surface area contributed by atoms with Gasteiger partial charge in [-0.05, 0) is 41.0 Å². The van der Waals surface area contributed by atoms with Gasteiger partial charge in [0, 0.05) is 29.8 Å². The Bertz CT molecular complexity index is 1090. The summed E-state index contributed by atoms with van der Waals surface area (Å²) in [6, 6.07) is 24.5. The lowest BCUT2D eigenvalue weighted by Crippen LogP contribution is -2.02. The van der Waals surface area contributed by atoms with Gasteiger partial charge < -0.3 is 5.32 Å². The van der Waals surface area contributed by atoms with Crippen LogP contribution in [0.4, 0.5) is 5.69 Å². The lowest BCUT2D eigenvalue weighted by molar-refractivity contribution is 0.687. The smallest absolute Gasteiger partial charge is 0.103 e. The summed E-state index contributed by atoms with van der Waals surface area (Å²) in [5.41, 5.74) is 6.08. The van der Waals surface area contributed by atoms with E-state index in [0.717, 1.165) is 33.6 Å². The van der Waals surface area contributed by atoms with Crippen LogP contribution in [-0.2, 0) is 6.54 Å². The van der Waals surface area contributed by atoms with Gasteiger partial charge in [-0.2, -0.15) is 10.4 Å². The number of nitriles is 1. The molecule has 0 fully saturated rings. The van der Waals surface area contributed by atoms with Gasteiger partial charge in [0.25, 0.3) is 0 Å². The molecule has 5 nitrogen and oxygen atoms in total. The van der Waals surface area contributed by atoms with Crippen molar-refractivity contribution in [2.45, 2.75) is 6.54 Å². The van der Waals surface area contributed by atoms with Crippen LogP contribution in [0.5, 0.6) is 0 Å². The molecule has 0 aliphatic rings. The molecular formula is C23H19N5. The Kier molecular flexibility index (Phi) is 5.12. The Morgan fingerprint density at radius 2 is 1.86 bits per heavy atom. The first-order valence-electron chi connectivity index (χ1n) is 9.06. The molecule has 2 heterocycles. The van der Waals surface area contributed by atoms with Gasteiger partial charge in [0.05, 0.1) is 18.3 Å². The molecule has 0 aliphatic carbocycles. The Hall–Kier alpha value is -3.91. The Labute approximate surface area is 163 Å². The van der Waals surface area contributed by atoms with E-state index in [1.165, 1.54) is 0 Å². The third kappa shape index (κ3) is 3.92. The average molecular weight is 365 g/mol. The minimum absolute atomic E-state index is 0.244. The number of hydrogen-bond donors (Lipinski definition) is 1. The first-order valence-corrected chi connectivity index (χ1v) is 9.06. The van der Waals surface area contributed by atoms with Gasteiger partial charge in [-0.1, -0.05) is 42.5 Å². The fraction of sp³-hybridized carbons (Fsp3) is 0.0870. The molecule has 0 saturated carbocycles. The van der Waals surface area contributed by atoms with E-state index in [9.17, 15) is 0 Å². The summed E-state index contributed by atoms with van der Waals surface area (Å²) in [6.07, 6.45) is 5.57. The van der Waals surface area contributed by atoms with Gasteiger partial charge >= 0.3 is 0 Å². The van der Waals surface area contributed by atoms with Crippen LogP contribution >= 0.6 is 0 Å². The van der Waals surface area contributed by atoms with Crippen molar-refractivity contribution in [3.05, 3.63) is 90.9 Å². The van der Waals surface area contributed by atoms with Crippen LogP contribution in [0.2, 0.25) is 0 Å². The van der Waals surface area contributed by atoms with E-state index in [0.29, 0.717) is 6.54 Å². The molecule has 2 aromatic carbocycles. The van der Waals surface area contributed by atoms with Crippen LogP contribution < -0.4 is 5.32 Å². The maximum absolute atomic E-state index is 8.95. The van der Waals surface area contributed by atoms with Crippen molar-refractivity contribution in [1.82, 2.24) is 14.8 Å². The van der Waals surface area contributed by atoms with E-state index in [1.807, 2.05) is 59.5 Å². The molecule has 0 aliphatic heterocycles. The van der Waals surface area contributed by atoms with Crippen LogP contribution in [0.25, 0.3) is 22.4 Å². The van der Waals surface area contributed by atoms with Crippen LogP contribution in [0.1, 0.15) is 5.56 Å². The number of rotatable bonds is 6. The van der Waals surface area contributed by atoms with Crippen molar-refractivity contribution < 1.29 is 0 Å². The van der Waals surface area contributed by atoms with Gasteiger partial charge in [-0.15, -0.1) is 0 Å². The van der Waals surface area contributed by atoms with Crippen LogP contribution in [-0.4, -0.2) is 21.3 Å². The standard InChI is InChI=1S/C23H19N5/c24-11-13-26-22-9-8-20(19-6-2-1-3-7-19)15-21(22)23-10-14-28(27-23)17-18-5-4-12-25-16-18/h1-10,12,14-16,26H,13,17H2. The highest BCUT2D eigenvalue weighted by molar-refractivity contribution is 5.81. The largest absolute Gasteiger partial charge is 0.372 e. The fourth-order valence-corrected chi connectivity index (χ4v) is 3.13. The molecule has 0 bridgehead atoms. The summed E-state index contributed by atoms with van der Waals surface area (Å²) in [6.45, 7) is 0.904. The number of anilines is 1. The second kappa shape index (κ2) is 8.19. The fourth-order valence-electron chi connectivity index (χ4n) is 3.13. The molecule has 1 N–H and O–H groups in total. The predicted molar refractivity (Wildman–Crippen MR) is 111 cm³/mol. The van der Waals surface area contributed by atoms with E-state index in [2.05, 4.69) is 40.6 Å². The second-order valence-electron chi connectivity index (χ2n) is 6.40. The third-order valence-electron chi connectivity index (χ3n) is 4.47. The zero-order valence-corrected chi connectivity index (χ0v) is 15.3. The third-order valence-corrected chi connectivity index (χ3v) is 4.47. The molecule has 0 radical (unpaired) electrons. The van der Waals surface area contributed by atoms with E-state index in [-0.39, 0.29) is 6.54 Å². The lowest BCUT2D eigenvalue weighted by Gasteiger charge is -2.11. The minimum Gasteiger partial charge on any atom is -0.372 e. The van der Waals surface area contributed by atoms with Crippen molar-refractivity contribution in [1.29, 1.82) is 5.26 Å². The number of hydrogen-bond acceptors (Lipinski definition) is 4. The van der Waals surface area contributed by atoms with Crippen molar-refractivity contribution in [2.75, 3.05) is 11.9 Å². The molecule has 0 amide bonds. The zero-order chi connectivity index (χ0) is 19.2. The number of nitrogens with one attached hydrogen (secondary N) is 1. The molecule has 0 saturated heterocycles. The summed E-state index contributed by atoms with van der Waals surface area (Å²) in [5, 5.41) is 16.9.